The molecule has 2 aliphatic rings. The van der Waals surface area contributed by atoms with E-state index < -0.39 is 5.92 Å². The zero-order valence-electron chi connectivity index (χ0n) is 18.7. The maximum atomic E-state index is 13.8. The maximum Gasteiger partial charge on any atom is 0.234 e. The zero-order chi connectivity index (χ0) is 22.9. The van der Waals surface area contributed by atoms with Gasteiger partial charge in [0.1, 0.15) is 17.5 Å². The van der Waals surface area contributed by atoms with Crippen molar-refractivity contribution >= 4 is 23.1 Å². The zero-order valence-corrected chi connectivity index (χ0v) is 18.7. The van der Waals surface area contributed by atoms with Gasteiger partial charge in [0.2, 0.25) is 5.91 Å². The second-order valence-electron chi connectivity index (χ2n) is 8.38. The van der Waals surface area contributed by atoms with Crippen molar-refractivity contribution in [3.63, 3.8) is 0 Å². The van der Waals surface area contributed by atoms with E-state index in [9.17, 15) is 9.18 Å². The molecule has 3 aromatic rings. The second-order valence-corrected chi connectivity index (χ2v) is 8.38. The number of piperazine rings is 1. The number of aliphatic imine (C=N–C) groups is 1. The fourth-order valence-electron chi connectivity index (χ4n) is 4.74. The summed E-state index contributed by atoms with van der Waals surface area (Å²) in [4.78, 5) is 22.6. The van der Waals surface area contributed by atoms with E-state index in [2.05, 4.69) is 15.0 Å². The predicted octanol–water partition coefficient (Wildman–Crippen LogP) is 3.69. The van der Waals surface area contributed by atoms with Gasteiger partial charge in [-0.05, 0) is 48.9 Å². The SMILES string of the molecule is COc1cccc(C2C(C(=O)N3CCN(c4ccc(F)cc4)CC3)C(C)=Nc3ccnn32)c1. The molecular weight excluding hydrogens is 421 g/mol. The fraction of sp³-hybridized carbons (Fsp3) is 0.320. The van der Waals surface area contributed by atoms with Gasteiger partial charge in [-0.1, -0.05) is 12.1 Å². The van der Waals surface area contributed by atoms with E-state index in [0.717, 1.165) is 28.5 Å². The average molecular weight is 448 g/mol. The Morgan fingerprint density at radius 1 is 1.06 bits per heavy atom. The van der Waals surface area contributed by atoms with Crippen molar-refractivity contribution in [2.24, 2.45) is 10.9 Å². The van der Waals surface area contributed by atoms with E-state index in [4.69, 9.17) is 4.74 Å². The molecule has 1 saturated heterocycles. The Hall–Kier alpha value is -3.68. The van der Waals surface area contributed by atoms with Crippen LogP contribution >= 0.6 is 0 Å². The quantitative estimate of drug-likeness (QED) is 0.612. The fourth-order valence-corrected chi connectivity index (χ4v) is 4.74. The molecule has 3 heterocycles. The van der Waals surface area contributed by atoms with Crippen molar-refractivity contribution in [1.29, 1.82) is 0 Å². The molecule has 0 N–H and O–H groups in total. The summed E-state index contributed by atoms with van der Waals surface area (Å²) in [5.74, 6) is 0.818. The Balaban J connectivity index is 1.40. The summed E-state index contributed by atoms with van der Waals surface area (Å²) in [6.45, 7) is 4.49. The van der Waals surface area contributed by atoms with Crippen LogP contribution in [0.5, 0.6) is 5.75 Å². The van der Waals surface area contributed by atoms with Crippen LogP contribution in [0.25, 0.3) is 0 Å². The number of anilines is 1. The molecule has 33 heavy (non-hydrogen) atoms. The monoisotopic (exact) mass is 447 g/mol. The highest BCUT2D eigenvalue weighted by atomic mass is 19.1. The lowest BCUT2D eigenvalue weighted by atomic mass is 9.86. The number of hydrogen-bond acceptors (Lipinski definition) is 5. The average Bonchev–Trinajstić information content (AvgIpc) is 3.31. The third-order valence-electron chi connectivity index (χ3n) is 6.45. The van der Waals surface area contributed by atoms with Crippen molar-refractivity contribution in [1.82, 2.24) is 14.7 Å². The molecule has 0 saturated carbocycles. The highest BCUT2D eigenvalue weighted by molar-refractivity contribution is 6.05. The van der Waals surface area contributed by atoms with Gasteiger partial charge in [0.15, 0.2) is 5.82 Å². The van der Waals surface area contributed by atoms with Crippen molar-refractivity contribution in [2.45, 2.75) is 13.0 Å². The first-order valence-corrected chi connectivity index (χ1v) is 11.1. The van der Waals surface area contributed by atoms with Crippen LogP contribution in [0.15, 0.2) is 65.8 Å². The van der Waals surface area contributed by atoms with Crippen molar-refractivity contribution < 1.29 is 13.9 Å². The molecule has 2 atom stereocenters. The van der Waals surface area contributed by atoms with Crippen LogP contribution in [0.4, 0.5) is 15.9 Å². The van der Waals surface area contributed by atoms with Crippen LogP contribution in [-0.2, 0) is 4.79 Å². The van der Waals surface area contributed by atoms with E-state index in [1.54, 1.807) is 25.4 Å². The minimum atomic E-state index is -0.457. The summed E-state index contributed by atoms with van der Waals surface area (Å²) in [5, 5.41) is 4.50. The van der Waals surface area contributed by atoms with Crippen LogP contribution in [0.2, 0.25) is 0 Å². The highest BCUT2D eigenvalue weighted by Crippen LogP contribution is 2.38. The summed E-state index contributed by atoms with van der Waals surface area (Å²) in [5.41, 5.74) is 2.70. The molecule has 2 aromatic carbocycles. The molecule has 1 aromatic heterocycles. The molecule has 2 aliphatic heterocycles. The topological polar surface area (TPSA) is 63.0 Å². The van der Waals surface area contributed by atoms with Crippen LogP contribution in [0.3, 0.4) is 0 Å². The van der Waals surface area contributed by atoms with Gasteiger partial charge in [0.25, 0.3) is 0 Å². The highest BCUT2D eigenvalue weighted by Gasteiger charge is 2.40. The van der Waals surface area contributed by atoms with Crippen molar-refractivity contribution in [2.75, 3.05) is 38.2 Å². The largest absolute Gasteiger partial charge is 0.497 e. The molecule has 1 amide bonds. The standard InChI is InChI=1S/C25H26FN5O2/c1-17-23(25(32)30-14-12-29(13-15-30)20-8-6-19(26)7-9-20)24(31-22(28-17)10-11-27-31)18-4-3-5-21(16-18)33-2/h3-11,16,23-24H,12-15H2,1-2H3. The first-order valence-electron chi connectivity index (χ1n) is 11.1. The number of nitrogens with zero attached hydrogens (tertiary/aromatic N) is 5. The number of aromatic nitrogens is 2. The third-order valence-corrected chi connectivity index (χ3v) is 6.45. The summed E-state index contributed by atoms with van der Waals surface area (Å²) in [6.07, 6.45) is 1.72. The molecule has 0 aliphatic carbocycles. The number of halogens is 1. The lowest BCUT2D eigenvalue weighted by Gasteiger charge is -2.40. The molecule has 170 valence electrons. The Kier molecular flexibility index (Phi) is 5.58. The number of carbonyl (C=O) groups excluding carboxylic acids is 1. The number of hydrogen-bond donors (Lipinski definition) is 0. The van der Waals surface area contributed by atoms with Gasteiger partial charge in [0.05, 0.1) is 19.3 Å². The molecular formula is C25H26FN5O2. The molecule has 0 radical (unpaired) electrons. The molecule has 0 bridgehead atoms. The number of benzene rings is 2. The molecule has 1 fully saturated rings. The first-order chi connectivity index (χ1) is 16.0. The van der Waals surface area contributed by atoms with Gasteiger partial charge in [-0.15, -0.1) is 0 Å². The Bertz CT molecular complexity index is 1180. The number of ether oxygens (including phenoxy) is 1. The number of fused-ring (bicyclic) bond motifs is 1. The summed E-state index contributed by atoms with van der Waals surface area (Å²) >= 11 is 0. The molecule has 5 rings (SSSR count). The van der Waals surface area contributed by atoms with Crippen LogP contribution in [0, 0.1) is 11.7 Å². The van der Waals surface area contributed by atoms with Gasteiger partial charge >= 0.3 is 0 Å². The third kappa shape index (κ3) is 3.97. The maximum absolute atomic E-state index is 13.8. The van der Waals surface area contributed by atoms with Crippen molar-refractivity contribution in [3.8, 4) is 5.75 Å². The van der Waals surface area contributed by atoms with Crippen LogP contribution in [-0.4, -0.2) is 59.6 Å². The number of rotatable bonds is 4. The molecule has 2 unspecified atom stereocenters. The molecule has 0 spiro atoms. The lowest BCUT2D eigenvalue weighted by molar-refractivity contribution is -0.134. The van der Waals surface area contributed by atoms with E-state index in [1.165, 1.54) is 12.1 Å². The normalized spacial score (nSPS) is 20.3. The summed E-state index contributed by atoms with van der Waals surface area (Å²) in [7, 11) is 1.63. The van der Waals surface area contributed by atoms with Gasteiger partial charge in [-0.25, -0.2) is 14.1 Å². The van der Waals surface area contributed by atoms with E-state index in [1.807, 2.05) is 46.8 Å². The Morgan fingerprint density at radius 2 is 1.82 bits per heavy atom. The van der Waals surface area contributed by atoms with Gasteiger partial charge < -0.3 is 14.5 Å². The summed E-state index contributed by atoms with van der Waals surface area (Å²) in [6, 6.07) is 15.8. The second kappa shape index (κ2) is 8.69. The van der Waals surface area contributed by atoms with Gasteiger partial charge in [0, 0.05) is 43.6 Å². The Morgan fingerprint density at radius 3 is 2.55 bits per heavy atom. The smallest absolute Gasteiger partial charge is 0.234 e. The minimum absolute atomic E-state index is 0.0453. The van der Waals surface area contributed by atoms with E-state index in [0.29, 0.717) is 26.2 Å². The van der Waals surface area contributed by atoms with Crippen LogP contribution < -0.4 is 9.64 Å². The lowest BCUT2D eigenvalue weighted by Crippen LogP contribution is -2.53. The number of carbonyl (C=O) groups is 1. The summed E-state index contributed by atoms with van der Waals surface area (Å²) < 4.78 is 20.5. The van der Waals surface area contributed by atoms with Gasteiger partial charge in [-0.3, -0.25) is 4.79 Å². The molecule has 7 nitrogen and oxygen atoms in total. The number of methoxy groups -OCH3 is 1. The van der Waals surface area contributed by atoms with Crippen molar-refractivity contribution in [3.05, 3.63) is 72.2 Å². The first kappa shape index (κ1) is 21.2. The van der Waals surface area contributed by atoms with E-state index >= 15 is 0 Å². The van der Waals surface area contributed by atoms with E-state index in [-0.39, 0.29) is 17.8 Å². The minimum Gasteiger partial charge on any atom is -0.497 e. The molecule has 8 heteroatoms. The predicted molar refractivity (Wildman–Crippen MR) is 125 cm³/mol. The Labute approximate surface area is 192 Å². The van der Waals surface area contributed by atoms with Crippen LogP contribution in [0.1, 0.15) is 18.5 Å². The van der Waals surface area contributed by atoms with Gasteiger partial charge in [-0.2, -0.15) is 5.10 Å². The number of amides is 1.